The molecule has 0 aliphatic carbocycles. The number of aryl methyl sites for hydroxylation is 2. The number of hydrogen-bond acceptors (Lipinski definition) is 0. The van der Waals surface area contributed by atoms with Crippen LogP contribution in [0.25, 0.3) is 43.8 Å². The van der Waals surface area contributed by atoms with Crippen molar-refractivity contribution in [2.45, 2.75) is 65.5 Å². The molecule has 0 fully saturated rings. The van der Waals surface area contributed by atoms with Gasteiger partial charge in [-0.15, -0.1) is 70.8 Å². The zero-order chi connectivity index (χ0) is 31.6. The van der Waals surface area contributed by atoms with Crippen LogP contribution in [0.1, 0.15) is 50.7 Å². The molecule has 2 radical (unpaired) electrons. The van der Waals surface area contributed by atoms with Gasteiger partial charge in [0.25, 0.3) is 0 Å². The monoisotopic (exact) mass is 670 g/mol. The third kappa shape index (κ3) is 10.3. The number of halogens is 2. The van der Waals surface area contributed by atoms with Crippen LogP contribution in [0.4, 0.5) is 0 Å². The Morgan fingerprint density at radius 3 is 1.20 bits per heavy atom. The molecule has 0 spiro atoms. The third-order valence-corrected chi connectivity index (χ3v) is 7.49. The first-order chi connectivity index (χ1) is 21.6. The predicted molar refractivity (Wildman–Crippen MR) is 196 cm³/mol. The average molecular weight is 672 g/mol. The molecule has 0 unspecified atom stereocenters. The summed E-state index contributed by atoms with van der Waals surface area (Å²) in [5, 5.41) is 5.51. The van der Waals surface area contributed by atoms with Gasteiger partial charge in [0.2, 0.25) is 0 Å². The molecular formula is C40H44Cl2SiTi-2. The van der Waals surface area contributed by atoms with E-state index in [2.05, 4.69) is 148 Å². The SMILES string of the molecule is CCCCc1cc2ccccc2[c-]1-c1ccccc1.CCCCc1cc2ccccc2[c-]1-c1ccccc1.C[Si]C.[Cl][Ti][Cl]. The van der Waals surface area contributed by atoms with Crippen molar-refractivity contribution in [2.75, 3.05) is 0 Å². The molecule has 0 heterocycles. The van der Waals surface area contributed by atoms with Crippen molar-refractivity contribution < 1.29 is 17.0 Å². The summed E-state index contributed by atoms with van der Waals surface area (Å²) in [5.74, 6) is 0. The molecular weight excluding hydrogens is 627 g/mol. The van der Waals surface area contributed by atoms with Gasteiger partial charge in [0.1, 0.15) is 0 Å². The van der Waals surface area contributed by atoms with Gasteiger partial charge in [0.15, 0.2) is 0 Å². The van der Waals surface area contributed by atoms with Gasteiger partial charge in [0, 0.05) is 9.52 Å². The molecule has 0 saturated heterocycles. The van der Waals surface area contributed by atoms with E-state index in [1.807, 2.05) is 0 Å². The first-order valence-electron chi connectivity index (χ1n) is 15.6. The Kier molecular flexibility index (Phi) is 16.9. The maximum absolute atomic E-state index is 4.89. The topological polar surface area (TPSA) is 0 Å². The summed E-state index contributed by atoms with van der Waals surface area (Å²) in [5.41, 5.74) is 8.54. The molecule has 0 bridgehead atoms. The number of rotatable bonds is 8. The van der Waals surface area contributed by atoms with E-state index in [-0.39, 0.29) is 0 Å². The van der Waals surface area contributed by atoms with Gasteiger partial charge in [-0.2, -0.15) is 0 Å². The molecule has 6 rings (SSSR count). The normalized spacial score (nSPS) is 10.2. The van der Waals surface area contributed by atoms with Gasteiger partial charge in [-0.25, -0.2) is 0 Å². The zero-order valence-corrected chi connectivity index (χ0v) is 30.6. The molecule has 4 heteroatoms. The number of benzene rings is 4. The van der Waals surface area contributed by atoms with Gasteiger partial charge in [0.05, 0.1) is 0 Å². The van der Waals surface area contributed by atoms with E-state index in [1.165, 1.54) is 93.5 Å². The third-order valence-electron chi connectivity index (χ3n) is 7.49. The molecule has 228 valence electrons. The molecule has 44 heavy (non-hydrogen) atoms. The van der Waals surface area contributed by atoms with E-state index < -0.39 is 17.0 Å². The average Bonchev–Trinajstić information content (AvgIpc) is 3.63. The molecule has 6 aromatic rings. The van der Waals surface area contributed by atoms with Crippen molar-refractivity contribution >= 4 is 49.7 Å². The van der Waals surface area contributed by atoms with Gasteiger partial charge < -0.3 is 0 Å². The second-order valence-corrected chi connectivity index (χ2v) is 14.4. The number of fused-ring (bicyclic) bond motifs is 2. The van der Waals surface area contributed by atoms with Crippen molar-refractivity contribution in [3.8, 4) is 22.3 Å². The summed E-state index contributed by atoms with van der Waals surface area (Å²) in [6, 6.07) is 43.7. The van der Waals surface area contributed by atoms with Gasteiger partial charge in [-0.3, -0.25) is 0 Å². The first kappa shape index (κ1) is 36.1. The molecule has 0 amide bonds. The fraction of sp³-hybridized carbons (Fsp3) is 0.250. The van der Waals surface area contributed by atoms with Gasteiger partial charge in [-0.1, -0.05) is 158 Å². The Labute approximate surface area is 285 Å². The van der Waals surface area contributed by atoms with Crippen LogP contribution in [-0.4, -0.2) is 9.52 Å². The summed E-state index contributed by atoms with van der Waals surface area (Å²) < 4.78 is 0. The van der Waals surface area contributed by atoms with Crippen LogP contribution in [0.15, 0.2) is 121 Å². The molecule has 0 saturated carbocycles. The van der Waals surface area contributed by atoms with Crippen LogP contribution in [-0.2, 0) is 29.9 Å². The van der Waals surface area contributed by atoms with E-state index in [4.69, 9.17) is 18.6 Å². The van der Waals surface area contributed by atoms with Gasteiger partial charge >= 0.3 is 35.6 Å². The standard InChI is InChI=1S/2C19H19.C2H6Si.2ClH.Ti/c2*1-2-3-9-17-14-16-12-7-8-13-18(16)19(17)15-10-5-4-6-11-15;1-3-2;;;/h2*4-8,10-14H,2-3,9H2,1H3;1-2H3;2*1H;/q2*-1;;;;+2/p-2. The maximum atomic E-state index is 4.89. The molecule has 0 atom stereocenters. The van der Waals surface area contributed by atoms with E-state index in [9.17, 15) is 0 Å². The number of hydrogen-bond donors (Lipinski definition) is 0. The Bertz CT molecular complexity index is 1500. The Morgan fingerprint density at radius 1 is 0.545 bits per heavy atom. The van der Waals surface area contributed by atoms with Crippen molar-refractivity contribution in [1.82, 2.24) is 0 Å². The molecule has 0 aliphatic rings. The molecule has 0 aliphatic heterocycles. The Balaban J connectivity index is 0.000000204. The van der Waals surface area contributed by atoms with Gasteiger partial charge in [-0.05, 0) is 12.8 Å². The molecule has 0 aromatic heterocycles. The zero-order valence-electron chi connectivity index (χ0n) is 26.5. The van der Waals surface area contributed by atoms with E-state index in [0.29, 0.717) is 0 Å². The van der Waals surface area contributed by atoms with Crippen LogP contribution in [0, 0.1) is 0 Å². The minimum atomic E-state index is -0.556. The molecule has 6 aromatic carbocycles. The van der Waals surface area contributed by atoms with Crippen LogP contribution >= 0.6 is 18.6 Å². The van der Waals surface area contributed by atoms with E-state index >= 15 is 0 Å². The summed E-state index contributed by atoms with van der Waals surface area (Å²) in [6.07, 6.45) is 7.36. The Morgan fingerprint density at radius 2 is 0.864 bits per heavy atom. The van der Waals surface area contributed by atoms with Crippen LogP contribution < -0.4 is 0 Å². The second-order valence-electron chi connectivity index (χ2n) is 10.8. The van der Waals surface area contributed by atoms with Crippen molar-refractivity contribution in [1.29, 1.82) is 0 Å². The van der Waals surface area contributed by atoms with Crippen molar-refractivity contribution in [2.24, 2.45) is 0 Å². The summed E-state index contributed by atoms with van der Waals surface area (Å²) in [4.78, 5) is 0. The summed E-state index contributed by atoms with van der Waals surface area (Å²) >= 11 is -0.556. The predicted octanol–water partition coefficient (Wildman–Crippen LogP) is 13.3. The van der Waals surface area contributed by atoms with Crippen LogP contribution in [0.3, 0.4) is 0 Å². The number of unbranched alkanes of at least 4 members (excludes halogenated alkanes) is 2. The van der Waals surface area contributed by atoms with Crippen molar-refractivity contribution in [3.05, 3.63) is 132 Å². The first-order valence-corrected chi connectivity index (χ1v) is 21.9. The fourth-order valence-electron chi connectivity index (χ4n) is 5.59. The molecule has 0 N–H and O–H groups in total. The summed E-state index contributed by atoms with van der Waals surface area (Å²) in [6.45, 7) is 8.82. The quantitative estimate of drug-likeness (QED) is 0.112. The van der Waals surface area contributed by atoms with Crippen LogP contribution in [0.2, 0.25) is 13.1 Å². The second kappa shape index (κ2) is 20.6. The minimum absolute atomic E-state index is 0.556. The van der Waals surface area contributed by atoms with E-state index in [0.717, 1.165) is 9.52 Å². The summed E-state index contributed by atoms with van der Waals surface area (Å²) in [7, 11) is 10.9. The van der Waals surface area contributed by atoms with E-state index in [1.54, 1.807) is 0 Å². The van der Waals surface area contributed by atoms with Crippen LogP contribution in [0.5, 0.6) is 0 Å². The van der Waals surface area contributed by atoms with Crippen molar-refractivity contribution in [3.63, 3.8) is 0 Å². The molecule has 0 nitrogen and oxygen atoms in total. The Hall–Kier alpha value is -2.39. The fourth-order valence-corrected chi connectivity index (χ4v) is 5.59.